The van der Waals surface area contributed by atoms with Crippen molar-refractivity contribution in [3.8, 4) is 6.07 Å². The molecule has 0 spiro atoms. The molecule has 8 heteroatoms. The topological polar surface area (TPSA) is 75.3 Å². The average molecular weight is 317 g/mol. The second kappa shape index (κ2) is 7.19. The van der Waals surface area contributed by atoms with Gasteiger partial charge >= 0.3 is 0 Å². The molecule has 2 aromatic rings. The molecule has 0 saturated carbocycles. The van der Waals surface area contributed by atoms with Crippen LogP contribution in [-0.4, -0.2) is 19.9 Å². The molecular formula is C11H8Cl3N5. The summed E-state index contributed by atoms with van der Waals surface area (Å²) in [5, 5.41) is 9.46. The molecule has 0 aromatic carbocycles. The molecule has 0 aliphatic rings. The van der Waals surface area contributed by atoms with Gasteiger partial charge in [-0.15, -0.1) is 0 Å². The molecule has 0 N–H and O–H groups in total. The first-order valence-electron chi connectivity index (χ1n) is 4.98. The Morgan fingerprint density at radius 1 is 0.842 bits per heavy atom. The summed E-state index contributed by atoms with van der Waals surface area (Å²) in [4.78, 5) is 15.2. The van der Waals surface area contributed by atoms with Gasteiger partial charge in [0.1, 0.15) is 38.9 Å². The van der Waals surface area contributed by atoms with Gasteiger partial charge in [0.25, 0.3) is 0 Å². The lowest BCUT2D eigenvalue weighted by Gasteiger charge is -1.91. The van der Waals surface area contributed by atoms with Gasteiger partial charge < -0.3 is 0 Å². The number of nitriles is 1. The van der Waals surface area contributed by atoms with Crippen molar-refractivity contribution >= 4 is 34.8 Å². The minimum absolute atomic E-state index is 0.303. The highest BCUT2D eigenvalue weighted by Gasteiger charge is 1.96. The molecule has 19 heavy (non-hydrogen) atoms. The van der Waals surface area contributed by atoms with E-state index in [4.69, 9.17) is 40.1 Å². The fourth-order valence-electron chi connectivity index (χ4n) is 1.09. The van der Waals surface area contributed by atoms with Gasteiger partial charge in [0, 0.05) is 12.1 Å². The lowest BCUT2D eigenvalue weighted by Crippen LogP contribution is -1.90. The lowest BCUT2D eigenvalue weighted by atomic mass is 10.4. The SMILES string of the molecule is Cc1nc(Cl)cc(C#N)n1.Cc1nc(Cl)cc(Cl)n1. The van der Waals surface area contributed by atoms with E-state index in [2.05, 4.69) is 19.9 Å². The maximum atomic E-state index is 8.39. The molecule has 98 valence electrons. The molecule has 0 saturated heterocycles. The Bertz CT molecular complexity index is 553. The number of rotatable bonds is 0. The monoisotopic (exact) mass is 315 g/mol. The van der Waals surface area contributed by atoms with Crippen LogP contribution >= 0.6 is 34.8 Å². The Hall–Kier alpha value is -1.48. The van der Waals surface area contributed by atoms with E-state index in [1.807, 2.05) is 6.07 Å². The van der Waals surface area contributed by atoms with Gasteiger partial charge in [-0.2, -0.15) is 5.26 Å². The van der Waals surface area contributed by atoms with Crippen molar-refractivity contribution in [1.29, 1.82) is 5.26 Å². The molecule has 2 rings (SSSR count). The van der Waals surface area contributed by atoms with Crippen molar-refractivity contribution in [2.45, 2.75) is 13.8 Å². The van der Waals surface area contributed by atoms with E-state index >= 15 is 0 Å². The Labute approximate surface area is 125 Å². The fourth-order valence-corrected chi connectivity index (χ4v) is 1.82. The summed E-state index contributed by atoms with van der Waals surface area (Å²) in [6, 6.07) is 4.79. The smallest absolute Gasteiger partial charge is 0.145 e. The zero-order chi connectivity index (χ0) is 14.4. The van der Waals surface area contributed by atoms with Crippen molar-refractivity contribution in [1.82, 2.24) is 19.9 Å². The summed E-state index contributed by atoms with van der Waals surface area (Å²) in [5.74, 6) is 1.11. The van der Waals surface area contributed by atoms with Crippen LogP contribution in [0.2, 0.25) is 15.5 Å². The first kappa shape index (κ1) is 15.6. The van der Waals surface area contributed by atoms with Crippen molar-refractivity contribution in [2.75, 3.05) is 0 Å². The minimum atomic E-state index is 0.303. The van der Waals surface area contributed by atoms with Crippen LogP contribution in [-0.2, 0) is 0 Å². The second-order valence-corrected chi connectivity index (χ2v) is 4.46. The molecule has 0 aliphatic heterocycles. The van der Waals surface area contributed by atoms with E-state index in [9.17, 15) is 0 Å². The molecule has 5 nitrogen and oxygen atoms in total. The van der Waals surface area contributed by atoms with Crippen LogP contribution in [0.1, 0.15) is 17.3 Å². The Kier molecular flexibility index (Phi) is 5.90. The van der Waals surface area contributed by atoms with Gasteiger partial charge in [-0.3, -0.25) is 0 Å². The molecular weight excluding hydrogens is 309 g/mol. The van der Waals surface area contributed by atoms with E-state index in [-0.39, 0.29) is 0 Å². The molecule has 0 aliphatic carbocycles. The van der Waals surface area contributed by atoms with Crippen LogP contribution < -0.4 is 0 Å². The minimum Gasteiger partial charge on any atom is -0.222 e. The number of halogens is 3. The largest absolute Gasteiger partial charge is 0.222 e. The highest BCUT2D eigenvalue weighted by Crippen LogP contribution is 2.10. The summed E-state index contributed by atoms with van der Waals surface area (Å²) >= 11 is 16.6. The maximum absolute atomic E-state index is 8.39. The predicted molar refractivity (Wildman–Crippen MR) is 73.3 cm³/mol. The van der Waals surface area contributed by atoms with E-state index in [1.54, 1.807) is 13.8 Å². The maximum Gasteiger partial charge on any atom is 0.145 e. The van der Waals surface area contributed by atoms with Gasteiger partial charge in [-0.05, 0) is 13.8 Å². The van der Waals surface area contributed by atoms with Crippen molar-refractivity contribution in [3.05, 3.63) is 44.9 Å². The molecule has 0 fully saturated rings. The summed E-state index contributed by atoms with van der Waals surface area (Å²) < 4.78 is 0. The van der Waals surface area contributed by atoms with Crippen LogP contribution in [0.5, 0.6) is 0 Å². The van der Waals surface area contributed by atoms with Gasteiger partial charge in [0.2, 0.25) is 0 Å². The van der Waals surface area contributed by atoms with Gasteiger partial charge in [0.15, 0.2) is 0 Å². The number of nitrogens with zero attached hydrogens (tertiary/aromatic N) is 5. The summed E-state index contributed by atoms with van der Waals surface area (Å²) in [7, 11) is 0. The van der Waals surface area contributed by atoms with Gasteiger partial charge in [-0.25, -0.2) is 19.9 Å². The zero-order valence-electron chi connectivity index (χ0n) is 10.0. The van der Waals surface area contributed by atoms with Gasteiger partial charge in [-0.1, -0.05) is 34.8 Å². The molecule has 2 aromatic heterocycles. The highest BCUT2D eigenvalue weighted by molar-refractivity contribution is 6.33. The highest BCUT2D eigenvalue weighted by atomic mass is 35.5. The number of hydrogen-bond acceptors (Lipinski definition) is 5. The summed E-state index contributed by atoms with van der Waals surface area (Å²) in [6.07, 6.45) is 0. The van der Waals surface area contributed by atoms with Gasteiger partial charge in [0.05, 0.1) is 0 Å². The molecule has 2 heterocycles. The van der Waals surface area contributed by atoms with Crippen LogP contribution in [0.25, 0.3) is 0 Å². The first-order valence-corrected chi connectivity index (χ1v) is 6.12. The van der Waals surface area contributed by atoms with E-state index in [1.165, 1.54) is 12.1 Å². The summed E-state index contributed by atoms with van der Waals surface area (Å²) in [5.41, 5.74) is 0.303. The third kappa shape index (κ3) is 5.79. The number of aryl methyl sites for hydroxylation is 2. The fraction of sp³-hybridized carbons (Fsp3) is 0.182. The van der Waals surface area contributed by atoms with Crippen LogP contribution in [0, 0.1) is 25.2 Å². The lowest BCUT2D eigenvalue weighted by molar-refractivity contribution is 1.04. The Morgan fingerprint density at radius 3 is 1.63 bits per heavy atom. The van der Waals surface area contributed by atoms with Crippen LogP contribution in [0.15, 0.2) is 12.1 Å². The normalized spacial score (nSPS) is 9.26. The molecule has 0 unspecified atom stereocenters. The van der Waals surface area contributed by atoms with Crippen LogP contribution in [0.4, 0.5) is 0 Å². The van der Waals surface area contributed by atoms with Crippen molar-refractivity contribution < 1.29 is 0 Å². The molecule has 0 bridgehead atoms. The van der Waals surface area contributed by atoms with E-state index in [0.717, 1.165) is 0 Å². The average Bonchev–Trinajstić information content (AvgIpc) is 2.26. The quantitative estimate of drug-likeness (QED) is 0.696. The van der Waals surface area contributed by atoms with Crippen molar-refractivity contribution in [2.24, 2.45) is 0 Å². The zero-order valence-corrected chi connectivity index (χ0v) is 12.3. The second-order valence-electron chi connectivity index (χ2n) is 3.30. The third-order valence-corrected chi connectivity index (χ3v) is 2.28. The Morgan fingerprint density at radius 2 is 1.26 bits per heavy atom. The first-order chi connectivity index (χ1) is 8.90. The van der Waals surface area contributed by atoms with Crippen molar-refractivity contribution in [3.63, 3.8) is 0 Å². The number of aromatic nitrogens is 4. The molecule has 0 atom stereocenters. The third-order valence-electron chi connectivity index (χ3n) is 1.70. The Balaban J connectivity index is 0.000000191. The standard InChI is InChI=1S/C6H4ClN3.C5H4Cl2N2/c1-4-9-5(3-8)2-6(7)10-4;1-3-8-4(6)2-5(7)9-3/h2H,1H3;2H,1H3. The molecule has 0 radical (unpaired) electrons. The molecule has 0 amide bonds. The van der Waals surface area contributed by atoms with E-state index in [0.29, 0.717) is 32.8 Å². The predicted octanol–water partition coefficient (Wildman–Crippen LogP) is 3.40. The van der Waals surface area contributed by atoms with Crippen LogP contribution in [0.3, 0.4) is 0 Å². The summed E-state index contributed by atoms with van der Waals surface area (Å²) in [6.45, 7) is 3.42. The number of hydrogen-bond donors (Lipinski definition) is 0. The van der Waals surface area contributed by atoms with E-state index < -0.39 is 0 Å².